The fourth-order valence-corrected chi connectivity index (χ4v) is 4.23. The number of rotatable bonds is 8. The van der Waals surface area contributed by atoms with Gasteiger partial charge in [-0.15, -0.1) is 0 Å². The number of amides is 1. The Morgan fingerprint density at radius 2 is 1.65 bits per heavy atom. The number of hydrogen-bond donors (Lipinski definition) is 1. The van der Waals surface area contributed by atoms with E-state index in [1.54, 1.807) is 14.2 Å². The van der Waals surface area contributed by atoms with E-state index in [1.807, 2.05) is 65.6 Å². The van der Waals surface area contributed by atoms with Crippen LogP contribution in [0, 0.1) is 0 Å². The van der Waals surface area contributed by atoms with Crippen LogP contribution in [0.15, 0.2) is 72.8 Å². The van der Waals surface area contributed by atoms with Crippen LogP contribution in [0.2, 0.25) is 0 Å². The number of nitrogens with zero attached hydrogens (tertiary/aromatic N) is 1. The van der Waals surface area contributed by atoms with E-state index >= 15 is 0 Å². The van der Waals surface area contributed by atoms with Gasteiger partial charge in [-0.2, -0.15) is 0 Å². The first-order chi connectivity index (χ1) is 15.1. The van der Waals surface area contributed by atoms with Crippen LogP contribution >= 0.6 is 0 Å². The maximum absolute atomic E-state index is 13.3. The van der Waals surface area contributed by atoms with Crippen LogP contribution in [0.25, 0.3) is 0 Å². The third-order valence-corrected chi connectivity index (χ3v) is 5.90. The number of carbonyl (C=O) groups is 1. The van der Waals surface area contributed by atoms with Gasteiger partial charge >= 0.3 is 0 Å². The van der Waals surface area contributed by atoms with E-state index < -0.39 is 0 Å². The van der Waals surface area contributed by atoms with Crippen molar-refractivity contribution < 1.29 is 14.3 Å². The number of carbonyl (C=O) groups excluding carboxylic acids is 1. The fraction of sp³-hybridized carbons (Fsp3) is 0.269. The first-order valence-electron chi connectivity index (χ1n) is 10.5. The molecule has 0 saturated carbocycles. The average Bonchev–Trinajstić information content (AvgIpc) is 3.10. The minimum absolute atomic E-state index is 0.0420. The first-order valence-corrected chi connectivity index (χ1v) is 10.5. The van der Waals surface area contributed by atoms with E-state index in [0.717, 1.165) is 46.7 Å². The molecule has 3 aromatic carbocycles. The Morgan fingerprint density at radius 3 is 2.39 bits per heavy atom. The zero-order valence-electron chi connectivity index (χ0n) is 18.2. The largest absolute Gasteiger partial charge is 0.493 e. The molecular weight excluding hydrogens is 388 g/mol. The van der Waals surface area contributed by atoms with Gasteiger partial charge < -0.3 is 14.4 Å². The summed E-state index contributed by atoms with van der Waals surface area (Å²) in [4.78, 5) is 15.2. The summed E-state index contributed by atoms with van der Waals surface area (Å²) >= 11 is 0. The van der Waals surface area contributed by atoms with Crippen molar-refractivity contribution in [1.29, 1.82) is 0 Å². The molecule has 2 atom stereocenters. The van der Waals surface area contributed by atoms with Gasteiger partial charge in [-0.1, -0.05) is 54.6 Å². The van der Waals surface area contributed by atoms with Gasteiger partial charge in [0.25, 0.3) is 5.91 Å². The molecule has 1 aliphatic heterocycles. The molecule has 0 aliphatic carbocycles. The van der Waals surface area contributed by atoms with E-state index in [4.69, 9.17) is 9.47 Å². The van der Waals surface area contributed by atoms with Crippen LogP contribution < -0.4 is 14.8 Å². The number of benzene rings is 3. The van der Waals surface area contributed by atoms with Gasteiger partial charge in [-0.3, -0.25) is 10.1 Å². The maximum atomic E-state index is 13.3. The van der Waals surface area contributed by atoms with Gasteiger partial charge in [0, 0.05) is 17.7 Å². The summed E-state index contributed by atoms with van der Waals surface area (Å²) in [5, 5.41) is 3.62. The van der Waals surface area contributed by atoms with E-state index in [9.17, 15) is 4.79 Å². The highest BCUT2D eigenvalue weighted by molar-refractivity contribution is 5.99. The maximum Gasteiger partial charge on any atom is 0.256 e. The van der Waals surface area contributed by atoms with Crippen molar-refractivity contribution in [3.8, 4) is 11.5 Å². The van der Waals surface area contributed by atoms with Crippen LogP contribution in [-0.4, -0.2) is 31.6 Å². The van der Waals surface area contributed by atoms with Crippen LogP contribution in [0.1, 0.15) is 46.2 Å². The Kier molecular flexibility index (Phi) is 6.23. The zero-order valence-corrected chi connectivity index (χ0v) is 18.2. The molecule has 0 aromatic heterocycles. The Bertz CT molecular complexity index is 1050. The molecule has 0 saturated heterocycles. The lowest BCUT2D eigenvalue weighted by Crippen LogP contribution is -2.39. The molecule has 0 radical (unpaired) electrons. The summed E-state index contributed by atoms with van der Waals surface area (Å²) in [5.41, 5.74) is 4.07. The van der Waals surface area contributed by atoms with Crippen molar-refractivity contribution in [1.82, 2.24) is 10.2 Å². The molecule has 3 aromatic rings. The van der Waals surface area contributed by atoms with Crippen molar-refractivity contribution in [2.45, 2.75) is 25.6 Å². The molecule has 1 aliphatic rings. The van der Waals surface area contributed by atoms with E-state index in [-0.39, 0.29) is 18.1 Å². The normalized spacial score (nSPS) is 16.2. The van der Waals surface area contributed by atoms with E-state index in [1.165, 1.54) is 0 Å². The molecule has 0 bridgehead atoms. The highest BCUT2D eigenvalue weighted by Gasteiger charge is 2.39. The molecule has 160 valence electrons. The molecule has 1 heterocycles. The molecule has 5 heteroatoms. The Hall–Kier alpha value is -3.31. The standard InChI is InChI=1S/C26H28N2O3/c1-18(20-9-5-4-6-10-20)28-25(21-11-7-8-12-22(21)26(28)29)27-16-15-19-13-14-23(30-2)24(17-19)31-3/h4-14,17-18,25,27H,15-16H2,1-3H3/t18-,25-/m0/s1. The molecule has 0 spiro atoms. The highest BCUT2D eigenvalue weighted by Crippen LogP contribution is 2.38. The summed E-state index contributed by atoms with van der Waals surface area (Å²) in [6.45, 7) is 2.81. The lowest BCUT2D eigenvalue weighted by Gasteiger charge is -2.32. The molecular formula is C26H28N2O3. The molecule has 0 unspecified atom stereocenters. The van der Waals surface area contributed by atoms with Gasteiger partial charge in [-0.05, 0) is 42.7 Å². The SMILES string of the molecule is COc1ccc(CCN[C@@H]2c3ccccc3C(=O)N2[C@@H](C)c2ccccc2)cc1OC. The fourth-order valence-electron chi connectivity index (χ4n) is 4.23. The number of fused-ring (bicyclic) bond motifs is 1. The van der Waals surface area contributed by atoms with Gasteiger partial charge in [-0.25, -0.2) is 0 Å². The Morgan fingerprint density at radius 1 is 0.935 bits per heavy atom. The van der Waals surface area contributed by atoms with Gasteiger partial charge in [0.15, 0.2) is 11.5 Å². The second kappa shape index (κ2) is 9.23. The summed E-state index contributed by atoms with van der Waals surface area (Å²) < 4.78 is 10.7. The minimum Gasteiger partial charge on any atom is -0.493 e. The van der Waals surface area contributed by atoms with Crippen molar-refractivity contribution in [3.63, 3.8) is 0 Å². The Balaban J connectivity index is 1.54. The quantitative estimate of drug-likeness (QED) is 0.576. The second-order valence-electron chi connectivity index (χ2n) is 7.68. The molecule has 1 N–H and O–H groups in total. The first kappa shape index (κ1) is 20.9. The molecule has 0 fully saturated rings. The summed E-state index contributed by atoms with van der Waals surface area (Å²) in [7, 11) is 3.28. The summed E-state index contributed by atoms with van der Waals surface area (Å²) in [6, 6.07) is 24.0. The van der Waals surface area contributed by atoms with E-state index in [0.29, 0.717) is 0 Å². The summed E-state index contributed by atoms with van der Waals surface area (Å²) in [5.74, 6) is 1.51. The Labute approximate surface area is 183 Å². The number of ether oxygens (including phenoxy) is 2. The van der Waals surface area contributed by atoms with Crippen LogP contribution in [0.4, 0.5) is 0 Å². The minimum atomic E-state index is -0.168. The van der Waals surface area contributed by atoms with Crippen molar-refractivity contribution in [3.05, 3.63) is 95.1 Å². The van der Waals surface area contributed by atoms with Crippen molar-refractivity contribution in [2.75, 3.05) is 20.8 Å². The number of nitrogens with one attached hydrogen (secondary N) is 1. The van der Waals surface area contributed by atoms with Crippen molar-refractivity contribution in [2.24, 2.45) is 0 Å². The molecule has 5 nitrogen and oxygen atoms in total. The highest BCUT2D eigenvalue weighted by atomic mass is 16.5. The lowest BCUT2D eigenvalue weighted by molar-refractivity contribution is 0.0603. The average molecular weight is 417 g/mol. The lowest BCUT2D eigenvalue weighted by atomic mass is 10.1. The number of methoxy groups -OCH3 is 2. The summed E-state index contributed by atoms with van der Waals surface area (Å²) in [6.07, 6.45) is 0.639. The van der Waals surface area contributed by atoms with Crippen molar-refractivity contribution >= 4 is 5.91 Å². The van der Waals surface area contributed by atoms with Gasteiger partial charge in [0.05, 0.1) is 20.3 Å². The predicted molar refractivity (Wildman–Crippen MR) is 121 cm³/mol. The van der Waals surface area contributed by atoms with Gasteiger partial charge in [0.1, 0.15) is 6.17 Å². The van der Waals surface area contributed by atoms with Crippen LogP contribution in [-0.2, 0) is 6.42 Å². The second-order valence-corrected chi connectivity index (χ2v) is 7.68. The molecule has 31 heavy (non-hydrogen) atoms. The smallest absolute Gasteiger partial charge is 0.256 e. The van der Waals surface area contributed by atoms with Crippen LogP contribution in [0.3, 0.4) is 0 Å². The zero-order chi connectivity index (χ0) is 21.8. The topological polar surface area (TPSA) is 50.8 Å². The molecule has 4 rings (SSSR count). The van der Waals surface area contributed by atoms with Gasteiger partial charge in [0.2, 0.25) is 0 Å². The number of hydrogen-bond acceptors (Lipinski definition) is 4. The third-order valence-electron chi connectivity index (χ3n) is 5.90. The van der Waals surface area contributed by atoms with Crippen LogP contribution in [0.5, 0.6) is 11.5 Å². The molecule has 1 amide bonds. The third kappa shape index (κ3) is 4.14. The predicted octanol–water partition coefficient (Wildman–Crippen LogP) is 4.75. The van der Waals surface area contributed by atoms with E-state index in [2.05, 4.69) is 24.4 Å². The monoisotopic (exact) mass is 416 g/mol.